The number of hydrogen-bond acceptors (Lipinski definition) is 4. The number of primary amides is 1. The first kappa shape index (κ1) is 22.7. The summed E-state index contributed by atoms with van der Waals surface area (Å²) in [6.45, 7) is 1.27. The van der Waals surface area contributed by atoms with Gasteiger partial charge in [0.15, 0.2) is 0 Å². The molecule has 5 rings (SSSR count). The molecule has 3 aliphatic rings. The summed E-state index contributed by atoms with van der Waals surface area (Å²) >= 11 is 0. The van der Waals surface area contributed by atoms with Gasteiger partial charge in [-0.05, 0) is 73.9 Å². The molecule has 2 bridgehead atoms. The van der Waals surface area contributed by atoms with Crippen molar-refractivity contribution >= 4 is 17.7 Å². The second kappa shape index (κ2) is 8.58. The van der Waals surface area contributed by atoms with Gasteiger partial charge in [-0.1, -0.05) is 18.2 Å². The van der Waals surface area contributed by atoms with Gasteiger partial charge in [0.1, 0.15) is 5.82 Å². The van der Waals surface area contributed by atoms with Crippen LogP contribution in [0, 0.1) is 11.7 Å². The van der Waals surface area contributed by atoms with Gasteiger partial charge in [-0.2, -0.15) is 0 Å². The van der Waals surface area contributed by atoms with Gasteiger partial charge in [-0.25, -0.2) is 9.18 Å². The van der Waals surface area contributed by atoms with Crippen LogP contribution >= 0.6 is 0 Å². The molecule has 2 amide bonds. The fraction of sp³-hybridized carbons (Fsp3) is 0.462. The second-order valence-corrected chi connectivity index (χ2v) is 9.94. The first-order chi connectivity index (χ1) is 16.3. The Kier molecular flexibility index (Phi) is 5.72. The summed E-state index contributed by atoms with van der Waals surface area (Å²) in [4.78, 5) is 27.1. The van der Waals surface area contributed by atoms with E-state index in [1.54, 1.807) is 35.2 Å². The molecule has 3 aliphatic heterocycles. The lowest BCUT2D eigenvalue weighted by atomic mass is 9.72. The predicted molar refractivity (Wildman–Crippen MR) is 126 cm³/mol. The highest BCUT2D eigenvalue weighted by Crippen LogP contribution is 2.51. The van der Waals surface area contributed by atoms with Crippen molar-refractivity contribution in [2.24, 2.45) is 11.7 Å². The SMILES string of the molecule is NC(=O)c1ccc(-c2ccc(N3CCCC(C45CCC(CC(O)C4)N5C(=O)O)C3)c(F)c2)cc1. The molecular weight excluding hydrogens is 437 g/mol. The summed E-state index contributed by atoms with van der Waals surface area (Å²) in [6, 6.07) is 11.7. The monoisotopic (exact) mass is 467 g/mol. The molecule has 3 heterocycles. The minimum atomic E-state index is -0.913. The maximum absolute atomic E-state index is 15.3. The van der Waals surface area contributed by atoms with E-state index in [0.717, 1.165) is 31.2 Å². The topological polar surface area (TPSA) is 107 Å². The average molecular weight is 468 g/mol. The molecule has 180 valence electrons. The third kappa shape index (κ3) is 3.79. The molecule has 0 saturated carbocycles. The van der Waals surface area contributed by atoms with Crippen LogP contribution in [0.1, 0.15) is 48.9 Å². The lowest BCUT2D eigenvalue weighted by molar-refractivity contribution is -0.0390. The van der Waals surface area contributed by atoms with Crippen molar-refractivity contribution in [2.45, 2.75) is 56.2 Å². The largest absolute Gasteiger partial charge is 0.465 e. The number of nitrogens with zero attached hydrogens (tertiary/aromatic N) is 2. The number of anilines is 1. The van der Waals surface area contributed by atoms with E-state index in [1.807, 2.05) is 11.0 Å². The molecule has 4 unspecified atom stereocenters. The maximum Gasteiger partial charge on any atom is 0.408 e. The van der Waals surface area contributed by atoms with Crippen LogP contribution in [0.4, 0.5) is 14.9 Å². The van der Waals surface area contributed by atoms with Crippen molar-refractivity contribution in [2.75, 3.05) is 18.0 Å². The van der Waals surface area contributed by atoms with Gasteiger partial charge in [-0.15, -0.1) is 0 Å². The summed E-state index contributed by atoms with van der Waals surface area (Å²) in [5.74, 6) is -0.803. The Morgan fingerprint density at radius 2 is 1.82 bits per heavy atom. The van der Waals surface area contributed by atoms with Crippen molar-refractivity contribution in [3.05, 3.63) is 53.8 Å². The van der Waals surface area contributed by atoms with Gasteiger partial charge in [0.25, 0.3) is 0 Å². The standard InChI is InChI=1S/C26H30FN3O4/c27-22-12-18(16-3-5-17(6-4-16)24(28)32)7-8-23(22)29-11-1-2-19(15-29)26-10-9-20(13-21(31)14-26)30(26)25(33)34/h3-8,12,19-21,31H,1-2,9-11,13-15H2,(H2,28,32)(H,33,34). The number of fused-ring (bicyclic) bond motifs is 2. The second-order valence-electron chi connectivity index (χ2n) is 9.94. The van der Waals surface area contributed by atoms with Crippen LogP contribution < -0.4 is 10.6 Å². The highest BCUT2D eigenvalue weighted by atomic mass is 19.1. The van der Waals surface area contributed by atoms with E-state index in [9.17, 15) is 19.8 Å². The fourth-order valence-electron chi connectivity index (χ4n) is 6.58. The molecule has 3 fully saturated rings. The Balaban J connectivity index is 1.38. The van der Waals surface area contributed by atoms with Gasteiger partial charge in [-0.3, -0.25) is 9.69 Å². The fourth-order valence-corrected chi connectivity index (χ4v) is 6.58. The van der Waals surface area contributed by atoms with Crippen molar-refractivity contribution in [3.63, 3.8) is 0 Å². The minimum Gasteiger partial charge on any atom is -0.465 e. The Morgan fingerprint density at radius 1 is 1.09 bits per heavy atom. The van der Waals surface area contributed by atoms with Crippen molar-refractivity contribution < 1.29 is 24.2 Å². The van der Waals surface area contributed by atoms with E-state index in [2.05, 4.69) is 0 Å². The number of nitrogens with two attached hydrogens (primary N) is 1. The summed E-state index contributed by atoms with van der Waals surface area (Å²) in [6.07, 6.45) is 2.79. The normalized spacial score (nSPS) is 28.7. The Morgan fingerprint density at radius 3 is 2.50 bits per heavy atom. The number of aliphatic hydroxyl groups excluding tert-OH is 1. The van der Waals surface area contributed by atoms with E-state index in [0.29, 0.717) is 42.7 Å². The summed E-state index contributed by atoms with van der Waals surface area (Å²) in [5, 5.41) is 20.4. The van der Waals surface area contributed by atoms with Gasteiger partial charge >= 0.3 is 6.09 Å². The van der Waals surface area contributed by atoms with Gasteiger partial charge in [0.05, 0.1) is 17.3 Å². The molecule has 2 aromatic rings. The zero-order chi connectivity index (χ0) is 24.0. The van der Waals surface area contributed by atoms with Crippen molar-refractivity contribution in [3.8, 4) is 11.1 Å². The molecule has 8 heteroatoms. The number of rotatable bonds is 4. The third-order valence-corrected chi connectivity index (χ3v) is 8.07. The lowest BCUT2D eigenvalue weighted by Crippen LogP contribution is -2.62. The lowest BCUT2D eigenvalue weighted by Gasteiger charge is -2.52. The molecule has 4 atom stereocenters. The number of aliphatic hydroxyl groups is 1. The maximum atomic E-state index is 15.3. The molecule has 0 radical (unpaired) electrons. The number of halogens is 1. The van der Waals surface area contributed by atoms with Crippen LogP contribution in [0.2, 0.25) is 0 Å². The summed E-state index contributed by atoms with van der Waals surface area (Å²) in [5.41, 5.74) is 7.12. The molecule has 4 N–H and O–H groups in total. The predicted octanol–water partition coefficient (Wildman–Crippen LogP) is 3.84. The smallest absolute Gasteiger partial charge is 0.408 e. The quantitative estimate of drug-likeness (QED) is 0.633. The van der Waals surface area contributed by atoms with E-state index in [1.165, 1.54) is 6.07 Å². The molecule has 34 heavy (non-hydrogen) atoms. The first-order valence-electron chi connectivity index (χ1n) is 11.9. The molecular formula is C26H30FN3O4. The van der Waals surface area contributed by atoms with Gasteiger partial charge < -0.3 is 20.8 Å². The average Bonchev–Trinajstić information content (AvgIpc) is 3.08. The van der Waals surface area contributed by atoms with Crippen LogP contribution in [0.25, 0.3) is 11.1 Å². The van der Waals surface area contributed by atoms with Crippen molar-refractivity contribution in [1.82, 2.24) is 4.90 Å². The first-order valence-corrected chi connectivity index (χ1v) is 11.9. The van der Waals surface area contributed by atoms with Crippen LogP contribution in [-0.2, 0) is 0 Å². The highest BCUT2D eigenvalue weighted by Gasteiger charge is 2.57. The molecule has 2 aromatic carbocycles. The molecule has 0 spiro atoms. The van der Waals surface area contributed by atoms with Crippen LogP contribution in [0.5, 0.6) is 0 Å². The number of carboxylic acid groups (broad SMARTS) is 1. The van der Waals surface area contributed by atoms with Crippen LogP contribution in [-0.4, -0.2) is 57.9 Å². The van der Waals surface area contributed by atoms with E-state index >= 15 is 4.39 Å². The molecule has 0 aliphatic carbocycles. The minimum absolute atomic E-state index is 0.0396. The van der Waals surface area contributed by atoms with Crippen molar-refractivity contribution in [1.29, 1.82) is 0 Å². The highest BCUT2D eigenvalue weighted by molar-refractivity contribution is 5.93. The van der Waals surface area contributed by atoms with E-state index < -0.39 is 23.6 Å². The number of hydrogen-bond donors (Lipinski definition) is 3. The van der Waals surface area contributed by atoms with E-state index in [-0.39, 0.29) is 17.8 Å². The van der Waals surface area contributed by atoms with Gasteiger partial charge in [0.2, 0.25) is 5.91 Å². The zero-order valence-electron chi connectivity index (χ0n) is 19.0. The van der Waals surface area contributed by atoms with Crippen LogP contribution in [0.3, 0.4) is 0 Å². The van der Waals surface area contributed by atoms with Crippen LogP contribution in [0.15, 0.2) is 42.5 Å². The number of carbonyl (C=O) groups is 2. The molecule has 7 nitrogen and oxygen atoms in total. The summed E-state index contributed by atoms with van der Waals surface area (Å²) in [7, 11) is 0. The third-order valence-electron chi connectivity index (χ3n) is 8.07. The number of piperidine rings is 2. The van der Waals surface area contributed by atoms with E-state index in [4.69, 9.17) is 5.73 Å². The Hall–Kier alpha value is -3.13. The number of amides is 2. The number of benzene rings is 2. The Bertz CT molecular complexity index is 1110. The zero-order valence-corrected chi connectivity index (χ0v) is 19.0. The molecule has 3 saturated heterocycles. The Labute approximate surface area is 198 Å². The van der Waals surface area contributed by atoms with Gasteiger partial charge in [0, 0.05) is 30.6 Å². The number of carbonyl (C=O) groups excluding carboxylic acids is 1. The molecule has 0 aromatic heterocycles. The summed E-state index contributed by atoms with van der Waals surface area (Å²) < 4.78 is 15.3.